The van der Waals surface area contributed by atoms with Crippen LogP contribution in [0.2, 0.25) is 0 Å². The molecular formula is C14H17N3O2S. The average molecular weight is 291 g/mol. The number of thiazole rings is 1. The summed E-state index contributed by atoms with van der Waals surface area (Å²) in [6, 6.07) is 5.61. The van der Waals surface area contributed by atoms with Crippen LogP contribution in [-0.2, 0) is 4.79 Å². The second-order valence-corrected chi connectivity index (χ2v) is 5.88. The summed E-state index contributed by atoms with van der Waals surface area (Å²) in [5, 5.41) is 6.78. The van der Waals surface area contributed by atoms with E-state index in [-0.39, 0.29) is 11.9 Å². The molecule has 1 aromatic heterocycles. The number of benzene rings is 1. The Balaban J connectivity index is 1.75. The maximum absolute atomic E-state index is 12.1. The lowest BCUT2D eigenvalue weighted by molar-refractivity contribution is -0.118. The van der Waals surface area contributed by atoms with E-state index in [4.69, 9.17) is 4.74 Å². The lowest BCUT2D eigenvalue weighted by Crippen LogP contribution is -2.43. The minimum absolute atomic E-state index is 0.00993. The number of nitrogens with zero attached hydrogens (tertiary/aromatic N) is 1. The number of amides is 1. The van der Waals surface area contributed by atoms with Gasteiger partial charge < -0.3 is 15.4 Å². The van der Waals surface area contributed by atoms with Crippen molar-refractivity contribution in [2.45, 2.75) is 25.3 Å². The predicted molar refractivity (Wildman–Crippen MR) is 80.4 cm³/mol. The van der Waals surface area contributed by atoms with Gasteiger partial charge >= 0.3 is 0 Å². The molecule has 5 nitrogen and oxygen atoms in total. The number of nitrogens with one attached hydrogen (secondary N) is 2. The van der Waals surface area contributed by atoms with E-state index in [9.17, 15) is 4.79 Å². The van der Waals surface area contributed by atoms with Gasteiger partial charge in [0.05, 0.1) is 23.4 Å². The van der Waals surface area contributed by atoms with Crippen LogP contribution in [0.15, 0.2) is 18.2 Å². The molecule has 1 saturated heterocycles. The zero-order chi connectivity index (χ0) is 13.9. The van der Waals surface area contributed by atoms with Gasteiger partial charge in [0.2, 0.25) is 5.91 Å². The molecule has 0 unspecified atom stereocenters. The first kappa shape index (κ1) is 13.3. The number of hydrogen-bond donors (Lipinski definition) is 2. The molecule has 0 bridgehead atoms. The van der Waals surface area contributed by atoms with Gasteiger partial charge in [-0.3, -0.25) is 4.79 Å². The minimum Gasteiger partial charge on any atom is -0.497 e. The van der Waals surface area contributed by atoms with E-state index in [0.717, 1.165) is 41.8 Å². The molecule has 0 radical (unpaired) electrons. The number of ether oxygens (including phenoxy) is 1. The molecule has 1 atom stereocenters. The van der Waals surface area contributed by atoms with Crippen LogP contribution in [0.1, 0.15) is 19.3 Å². The number of anilines is 1. The molecule has 1 aliphatic rings. The lowest BCUT2D eigenvalue weighted by atomic mass is 10.0. The van der Waals surface area contributed by atoms with Crippen molar-refractivity contribution in [1.29, 1.82) is 0 Å². The summed E-state index contributed by atoms with van der Waals surface area (Å²) in [5.41, 5.74) is 0.878. The summed E-state index contributed by atoms with van der Waals surface area (Å²) in [6.45, 7) is 0.912. The average Bonchev–Trinajstić information content (AvgIpc) is 2.89. The third kappa shape index (κ3) is 2.76. The van der Waals surface area contributed by atoms with Gasteiger partial charge in [0.25, 0.3) is 0 Å². The number of piperidine rings is 1. The molecule has 1 amide bonds. The fraction of sp³-hybridized carbons (Fsp3) is 0.429. The van der Waals surface area contributed by atoms with Crippen molar-refractivity contribution in [3.8, 4) is 5.75 Å². The standard InChI is InChI=1S/C14H17N3O2S/c1-19-9-5-6-10-12(8-9)20-14(16-10)17-13(18)11-4-2-3-7-15-11/h5-6,8,11,15H,2-4,7H2,1H3,(H,16,17,18)/t11-/m0/s1. The van der Waals surface area contributed by atoms with Crippen molar-refractivity contribution >= 4 is 32.6 Å². The van der Waals surface area contributed by atoms with Gasteiger partial charge in [0.15, 0.2) is 5.13 Å². The Morgan fingerprint density at radius 2 is 2.40 bits per heavy atom. The van der Waals surface area contributed by atoms with E-state index in [1.54, 1.807) is 7.11 Å². The van der Waals surface area contributed by atoms with Crippen LogP contribution in [0, 0.1) is 0 Å². The maximum Gasteiger partial charge on any atom is 0.243 e. The topological polar surface area (TPSA) is 63.2 Å². The summed E-state index contributed by atoms with van der Waals surface area (Å²) in [4.78, 5) is 16.6. The summed E-state index contributed by atoms with van der Waals surface area (Å²) in [7, 11) is 1.64. The highest BCUT2D eigenvalue weighted by atomic mass is 32.1. The SMILES string of the molecule is COc1ccc2nc(NC(=O)[C@@H]3CCCCN3)sc2c1. The molecule has 1 aliphatic heterocycles. The molecule has 0 aliphatic carbocycles. The third-order valence-corrected chi connectivity index (χ3v) is 4.39. The number of methoxy groups -OCH3 is 1. The number of hydrogen-bond acceptors (Lipinski definition) is 5. The van der Waals surface area contributed by atoms with E-state index in [1.807, 2.05) is 18.2 Å². The highest BCUT2D eigenvalue weighted by Crippen LogP contribution is 2.29. The largest absolute Gasteiger partial charge is 0.497 e. The van der Waals surface area contributed by atoms with E-state index in [0.29, 0.717) is 5.13 Å². The van der Waals surface area contributed by atoms with Crippen LogP contribution in [0.4, 0.5) is 5.13 Å². The number of rotatable bonds is 3. The van der Waals surface area contributed by atoms with E-state index in [2.05, 4.69) is 15.6 Å². The summed E-state index contributed by atoms with van der Waals surface area (Å²) < 4.78 is 6.20. The fourth-order valence-electron chi connectivity index (χ4n) is 2.35. The van der Waals surface area contributed by atoms with Crippen LogP contribution in [0.5, 0.6) is 5.75 Å². The number of aromatic nitrogens is 1. The van der Waals surface area contributed by atoms with Gasteiger partial charge in [-0.15, -0.1) is 0 Å². The van der Waals surface area contributed by atoms with Crippen LogP contribution in [-0.4, -0.2) is 30.6 Å². The molecular weight excluding hydrogens is 274 g/mol. The highest BCUT2D eigenvalue weighted by Gasteiger charge is 2.21. The van der Waals surface area contributed by atoms with Gasteiger partial charge in [-0.25, -0.2) is 4.98 Å². The van der Waals surface area contributed by atoms with Crippen LogP contribution in [0.25, 0.3) is 10.2 Å². The zero-order valence-electron chi connectivity index (χ0n) is 11.3. The molecule has 106 valence electrons. The van der Waals surface area contributed by atoms with Gasteiger partial charge in [0, 0.05) is 0 Å². The molecule has 1 aromatic carbocycles. The maximum atomic E-state index is 12.1. The van der Waals surface area contributed by atoms with Crippen LogP contribution < -0.4 is 15.4 Å². The molecule has 20 heavy (non-hydrogen) atoms. The molecule has 0 saturated carbocycles. The smallest absolute Gasteiger partial charge is 0.243 e. The number of carbonyl (C=O) groups is 1. The fourth-order valence-corrected chi connectivity index (χ4v) is 3.25. The Morgan fingerprint density at radius 1 is 1.50 bits per heavy atom. The van der Waals surface area contributed by atoms with Crippen molar-refractivity contribution in [2.75, 3.05) is 19.0 Å². The van der Waals surface area contributed by atoms with Crippen molar-refractivity contribution < 1.29 is 9.53 Å². The summed E-state index contributed by atoms with van der Waals surface area (Å²) >= 11 is 1.47. The molecule has 6 heteroatoms. The molecule has 0 spiro atoms. The lowest BCUT2D eigenvalue weighted by Gasteiger charge is -2.21. The first-order valence-electron chi connectivity index (χ1n) is 6.75. The second kappa shape index (κ2) is 5.76. The first-order valence-corrected chi connectivity index (χ1v) is 7.57. The predicted octanol–water partition coefficient (Wildman–Crippen LogP) is 2.39. The monoisotopic (exact) mass is 291 g/mol. The second-order valence-electron chi connectivity index (χ2n) is 4.84. The zero-order valence-corrected chi connectivity index (χ0v) is 12.1. The Morgan fingerprint density at radius 3 is 3.15 bits per heavy atom. The van der Waals surface area contributed by atoms with Crippen LogP contribution in [0.3, 0.4) is 0 Å². The summed E-state index contributed by atoms with van der Waals surface area (Å²) in [5.74, 6) is 0.809. The number of carbonyl (C=O) groups excluding carboxylic acids is 1. The van der Waals surface area contributed by atoms with Gasteiger partial charge in [-0.1, -0.05) is 17.8 Å². The highest BCUT2D eigenvalue weighted by molar-refractivity contribution is 7.22. The normalized spacial score (nSPS) is 18.9. The first-order chi connectivity index (χ1) is 9.76. The molecule has 3 rings (SSSR count). The van der Waals surface area contributed by atoms with Crippen molar-refractivity contribution in [1.82, 2.24) is 10.3 Å². The third-order valence-electron chi connectivity index (χ3n) is 3.45. The Kier molecular flexibility index (Phi) is 3.84. The van der Waals surface area contributed by atoms with Crippen LogP contribution >= 0.6 is 11.3 Å². The molecule has 1 fully saturated rings. The van der Waals surface area contributed by atoms with Crippen molar-refractivity contribution in [3.63, 3.8) is 0 Å². The Labute approximate surface area is 121 Å². The summed E-state index contributed by atoms with van der Waals surface area (Å²) in [6.07, 6.45) is 3.14. The van der Waals surface area contributed by atoms with Gasteiger partial charge in [-0.2, -0.15) is 0 Å². The Bertz CT molecular complexity index is 620. The molecule has 2 aromatic rings. The number of fused-ring (bicyclic) bond motifs is 1. The van der Waals surface area contributed by atoms with Gasteiger partial charge in [-0.05, 0) is 37.6 Å². The van der Waals surface area contributed by atoms with Crippen molar-refractivity contribution in [3.05, 3.63) is 18.2 Å². The van der Waals surface area contributed by atoms with E-state index < -0.39 is 0 Å². The molecule has 2 heterocycles. The quantitative estimate of drug-likeness (QED) is 0.911. The molecule has 2 N–H and O–H groups in total. The minimum atomic E-state index is -0.0923. The van der Waals surface area contributed by atoms with E-state index in [1.165, 1.54) is 11.3 Å². The van der Waals surface area contributed by atoms with Crippen molar-refractivity contribution in [2.24, 2.45) is 0 Å². The van der Waals surface area contributed by atoms with E-state index >= 15 is 0 Å². The van der Waals surface area contributed by atoms with Gasteiger partial charge in [0.1, 0.15) is 5.75 Å². The Hall–Kier alpha value is -1.66.